The van der Waals surface area contributed by atoms with Gasteiger partial charge in [0.25, 0.3) is 0 Å². The Kier molecular flexibility index (Phi) is 5.92. The zero-order valence-corrected chi connectivity index (χ0v) is 13.9. The number of amides is 1. The normalized spacial score (nSPS) is 11.3. The Balaban J connectivity index is 1.80. The molecule has 0 aliphatic rings. The fourth-order valence-corrected chi connectivity index (χ4v) is 2.79. The molecule has 124 valence electrons. The number of carbonyl (C=O) groups is 1. The van der Waals surface area contributed by atoms with E-state index in [0.29, 0.717) is 18.7 Å². The van der Waals surface area contributed by atoms with E-state index in [2.05, 4.69) is 10.4 Å². The number of nitrogens with zero attached hydrogens (tertiary/aromatic N) is 2. The number of aromatic nitrogens is 2. The summed E-state index contributed by atoms with van der Waals surface area (Å²) in [7, 11) is -3.02. The predicted molar refractivity (Wildman–Crippen MR) is 89.9 cm³/mol. The van der Waals surface area contributed by atoms with Gasteiger partial charge in [-0.15, -0.1) is 0 Å². The minimum atomic E-state index is -3.02. The zero-order valence-electron chi connectivity index (χ0n) is 13.1. The third-order valence-corrected chi connectivity index (χ3v) is 5.15. The van der Waals surface area contributed by atoms with Gasteiger partial charge in [0.15, 0.2) is 15.7 Å². The van der Waals surface area contributed by atoms with Crippen LogP contribution >= 0.6 is 0 Å². The minimum Gasteiger partial charge on any atom is -0.309 e. The van der Waals surface area contributed by atoms with E-state index in [1.165, 1.54) is 4.68 Å². The predicted octanol–water partition coefficient (Wildman–Crippen LogP) is 1.89. The Labute approximate surface area is 136 Å². The molecule has 0 fully saturated rings. The molecule has 0 unspecified atom stereocenters. The van der Waals surface area contributed by atoms with Crippen molar-refractivity contribution in [3.05, 3.63) is 48.2 Å². The molecule has 0 atom stereocenters. The average molecular weight is 335 g/mol. The molecule has 7 heteroatoms. The van der Waals surface area contributed by atoms with Crippen LogP contribution in [0.1, 0.15) is 18.9 Å². The summed E-state index contributed by atoms with van der Waals surface area (Å²) < 4.78 is 24.5. The van der Waals surface area contributed by atoms with E-state index in [0.717, 1.165) is 5.56 Å². The molecule has 2 aromatic rings. The standard InChI is InChI=1S/C16H21N3O3S/c1-2-23(21,22)13-12-19-11-10-15(18-19)17-16(20)9-8-14-6-4-3-5-7-14/h3-7,10-11H,2,8-9,12-13H2,1H3,(H,17,18,20). The number of aryl methyl sites for hydroxylation is 2. The molecule has 1 amide bonds. The number of hydrogen-bond acceptors (Lipinski definition) is 4. The lowest BCUT2D eigenvalue weighted by Crippen LogP contribution is -2.16. The van der Waals surface area contributed by atoms with Gasteiger partial charge in [-0.05, 0) is 12.0 Å². The monoisotopic (exact) mass is 335 g/mol. The summed E-state index contributed by atoms with van der Waals surface area (Å²) in [4.78, 5) is 11.9. The minimum absolute atomic E-state index is 0.0482. The van der Waals surface area contributed by atoms with E-state index >= 15 is 0 Å². The van der Waals surface area contributed by atoms with Crippen LogP contribution in [0.2, 0.25) is 0 Å². The molecule has 0 bridgehead atoms. The largest absolute Gasteiger partial charge is 0.309 e. The van der Waals surface area contributed by atoms with Crippen LogP contribution in [0.3, 0.4) is 0 Å². The molecule has 1 aromatic carbocycles. The molecule has 23 heavy (non-hydrogen) atoms. The van der Waals surface area contributed by atoms with E-state index in [1.807, 2.05) is 30.3 Å². The second-order valence-electron chi connectivity index (χ2n) is 5.23. The van der Waals surface area contributed by atoms with Gasteiger partial charge >= 0.3 is 0 Å². The third-order valence-electron chi connectivity index (χ3n) is 3.46. The number of rotatable bonds is 8. The van der Waals surface area contributed by atoms with Crippen LogP contribution in [-0.4, -0.2) is 35.6 Å². The van der Waals surface area contributed by atoms with Gasteiger partial charge in [-0.25, -0.2) is 8.42 Å². The van der Waals surface area contributed by atoms with Gasteiger partial charge in [0.2, 0.25) is 5.91 Å². The molecule has 0 spiro atoms. The number of benzene rings is 1. The smallest absolute Gasteiger partial charge is 0.225 e. The fraction of sp³-hybridized carbons (Fsp3) is 0.375. The first-order valence-corrected chi connectivity index (χ1v) is 9.38. The second-order valence-corrected chi connectivity index (χ2v) is 7.71. The maximum absolute atomic E-state index is 11.9. The Morgan fingerprint density at radius 1 is 1.22 bits per heavy atom. The summed E-state index contributed by atoms with van der Waals surface area (Å²) in [5.41, 5.74) is 1.11. The number of anilines is 1. The van der Waals surface area contributed by atoms with Crippen molar-refractivity contribution < 1.29 is 13.2 Å². The molecule has 6 nitrogen and oxygen atoms in total. The Bertz CT molecular complexity index is 739. The molecular formula is C16H21N3O3S. The van der Waals surface area contributed by atoms with Gasteiger partial charge in [0.05, 0.1) is 12.3 Å². The van der Waals surface area contributed by atoms with Crippen LogP contribution in [0.4, 0.5) is 5.82 Å². The van der Waals surface area contributed by atoms with E-state index in [1.54, 1.807) is 19.2 Å². The summed E-state index contributed by atoms with van der Waals surface area (Å²) in [6.07, 6.45) is 2.71. The van der Waals surface area contributed by atoms with E-state index < -0.39 is 9.84 Å². The third kappa shape index (κ3) is 5.86. The topological polar surface area (TPSA) is 81.1 Å². The van der Waals surface area contributed by atoms with Gasteiger partial charge in [-0.2, -0.15) is 5.10 Å². The SMILES string of the molecule is CCS(=O)(=O)CCn1ccc(NC(=O)CCc2ccccc2)n1. The highest BCUT2D eigenvalue weighted by molar-refractivity contribution is 7.91. The summed E-state index contributed by atoms with van der Waals surface area (Å²) in [6.45, 7) is 1.91. The Morgan fingerprint density at radius 2 is 1.96 bits per heavy atom. The number of nitrogens with one attached hydrogen (secondary N) is 1. The lowest BCUT2D eigenvalue weighted by molar-refractivity contribution is -0.116. The lowest BCUT2D eigenvalue weighted by Gasteiger charge is -2.03. The molecule has 1 aromatic heterocycles. The highest BCUT2D eigenvalue weighted by Crippen LogP contribution is 2.07. The molecule has 0 saturated carbocycles. The summed E-state index contributed by atoms with van der Waals surface area (Å²) in [5.74, 6) is 0.501. The van der Waals surface area contributed by atoms with E-state index in [9.17, 15) is 13.2 Å². The van der Waals surface area contributed by atoms with Crippen LogP contribution in [0.25, 0.3) is 0 Å². The molecule has 0 aliphatic heterocycles. The molecule has 0 aliphatic carbocycles. The summed E-state index contributed by atoms with van der Waals surface area (Å²) >= 11 is 0. The number of hydrogen-bond donors (Lipinski definition) is 1. The molecule has 0 saturated heterocycles. The fourth-order valence-electron chi connectivity index (χ4n) is 2.04. The first-order chi connectivity index (χ1) is 11.0. The first-order valence-electron chi connectivity index (χ1n) is 7.56. The molecule has 0 radical (unpaired) electrons. The van der Waals surface area contributed by atoms with E-state index in [-0.39, 0.29) is 24.0 Å². The average Bonchev–Trinajstić information content (AvgIpc) is 3.00. The van der Waals surface area contributed by atoms with Crippen LogP contribution in [-0.2, 0) is 27.6 Å². The van der Waals surface area contributed by atoms with Crippen LogP contribution in [0.5, 0.6) is 0 Å². The van der Waals surface area contributed by atoms with Crippen molar-refractivity contribution in [1.82, 2.24) is 9.78 Å². The van der Waals surface area contributed by atoms with Gasteiger partial charge in [-0.1, -0.05) is 37.3 Å². The van der Waals surface area contributed by atoms with Crippen molar-refractivity contribution in [2.75, 3.05) is 16.8 Å². The van der Waals surface area contributed by atoms with Gasteiger partial charge in [-0.3, -0.25) is 9.48 Å². The first kappa shape index (κ1) is 17.2. The lowest BCUT2D eigenvalue weighted by atomic mass is 10.1. The maximum atomic E-state index is 11.9. The number of carbonyl (C=O) groups excluding carboxylic acids is 1. The summed E-state index contributed by atoms with van der Waals surface area (Å²) in [5, 5.41) is 6.89. The highest BCUT2D eigenvalue weighted by Gasteiger charge is 2.09. The Hall–Kier alpha value is -2.15. The zero-order chi connectivity index (χ0) is 16.7. The van der Waals surface area contributed by atoms with Crippen molar-refractivity contribution in [2.24, 2.45) is 0 Å². The molecule has 1 N–H and O–H groups in total. The molecule has 2 rings (SSSR count). The second kappa shape index (κ2) is 7.92. The van der Waals surface area contributed by atoms with Gasteiger partial charge < -0.3 is 5.32 Å². The van der Waals surface area contributed by atoms with Gasteiger partial charge in [0.1, 0.15) is 0 Å². The molecular weight excluding hydrogens is 314 g/mol. The van der Waals surface area contributed by atoms with Gasteiger partial charge in [0, 0.05) is 24.4 Å². The van der Waals surface area contributed by atoms with Crippen molar-refractivity contribution in [1.29, 1.82) is 0 Å². The molecule has 1 heterocycles. The maximum Gasteiger partial charge on any atom is 0.225 e. The van der Waals surface area contributed by atoms with Crippen LogP contribution in [0.15, 0.2) is 42.6 Å². The summed E-state index contributed by atoms with van der Waals surface area (Å²) in [6, 6.07) is 11.5. The van der Waals surface area contributed by atoms with Crippen molar-refractivity contribution in [3.8, 4) is 0 Å². The highest BCUT2D eigenvalue weighted by atomic mass is 32.2. The van der Waals surface area contributed by atoms with Crippen LogP contribution < -0.4 is 5.32 Å². The van der Waals surface area contributed by atoms with Crippen molar-refractivity contribution in [2.45, 2.75) is 26.3 Å². The number of sulfone groups is 1. The van der Waals surface area contributed by atoms with E-state index in [4.69, 9.17) is 0 Å². The Morgan fingerprint density at radius 3 is 2.65 bits per heavy atom. The quantitative estimate of drug-likeness (QED) is 0.799. The van der Waals surface area contributed by atoms with Crippen molar-refractivity contribution in [3.63, 3.8) is 0 Å². The van der Waals surface area contributed by atoms with Crippen LogP contribution in [0, 0.1) is 0 Å². The van der Waals surface area contributed by atoms with Crippen molar-refractivity contribution >= 4 is 21.6 Å².